The van der Waals surface area contributed by atoms with Gasteiger partial charge in [0.25, 0.3) is 0 Å². The van der Waals surface area contributed by atoms with Crippen LogP contribution in [0.15, 0.2) is 30.6 Å². The number of likely N-dealkylation sites (N-methyl/N-ethyl adjacent to an activating group) is 1. The number of rotatable bonds is 3. The molecular formula is C20H24N8O. The van der Waals surface area contributed by atoms with E-state index < -0.39 is 0 Å². The third-order valence-corrected chi connectivity index (χ3v) is 5.93. The van der Waals surface area contributed by atoms with Crippen molar-refractivity contribution in [2.75, 3.05) is 31.6 Å². The molecule has 1 atom stereocenters. The summed E-state index contributed by atoms with van der Waals surface area (Å²) in [6, 6.07) is 6.34. The summed E-state index contributed by atoms with van der Waals surface area (Å²) in [6.07, 6.45) is 5.46. The first kappa shape index (κ1) is 17.9. The Balaban J connectivity index is 1.50. The number of carbonyl (C=O) groups excluding carboxylic acids is 1. The normalized spacial score (nSPS) is 20.5. The predicted octanol–water partition coefficient (Wildman–Crippen LogP) is 1.64. The maximum absolute atomic E-state index is 11.8. The SMILES string of the molecule is CN1C(=O)NCC1c1ccc2[nH]nc(-c3cncc(N4CCC(N)CC4)n3)c2c1. The first-order valence-corrected chi connectivity index (χ1v) is 9.92. The molecule has 1 unspecified atom stereocenters. The van der Waals surface area contributed by atoms with E-state index in [4.69, 9.17) is 10.7 Å². The van der Waals surface area contributed by atoms with E-state index in [0.717, 1.165) is 59.6 Å². The van der Waals surface area contributed by atoms with E-state index in [1.807, 2.05) is 19.2 Å². The first-order valence-electron chi connectivity index (χ1n) is 9.92. The topological polar surface area (TPSA) is 116 Å². The van der Waals surface area contributed by atoms with Crippen LogP contribution >= 0.6 is 0 Å². The van der Waals surface area contributed by atoms with E-state index in [1.165, 1.54) is 0 Å². The number of anilines is 1. The Bertz CT molecular complexity index is 1060. The fourth-order valence-electron chi connectivity index (χ4n) is 4.11. The van der Waals surface area contributed by atoms with Crippen LogP contribution in [-0.4, -0.2) is 63.8 Å². The van der Waals surface area contributed by atoms with Crippen molar-refractivity contribution in [2.45, 2.75) is 24.9 Å². The highest BCUT2D eigenvalue weighted by Gasteiger charge is 2.29. The number of nitrogens with zero attached hydrogens (tertiary/aromatic N) is 5. The van der Waals surface area contributed by atoms with Gasteiger partial charge in [0.1, 0.15) is 17.2 Å². The van der Waals surface area contributed by atoms with E-state index in [2.05, 4.69) is 31.5 Å². The van der Waals surface area contributed by atoms with Gasteiger partial charge in [-0.15, -0.1) is 0 Å². The number of benzene rings is 1. The van der Waals surface area contributed by atoms with Crippen molar-refractivity contribution in [3.8, 4) is 11.4 Å². The van der Waals surface area contributed by atoms with Crippen LogP contribution in [0, 0.1) is 0 Å². The molecule has 0 saturated carbocycles. The van der Waals surface area contributed by atoms with Crippen molar-refractivity contribution in [1.29, 1.82) is 0 Å². The van der Waals surface area contributed by atoms with Gasteiger partial charge in [-0.3, -0.25) is 10.1 Å². The lowest BCUT2D eigenvalue weighted by Crippen LogP contribution is -2.40. The zero-order chi connectivity index (χ0) is 20.0. The fraction of sp³-hybridized carbons (Fsp3) is 0.400. The summed E-state index contributed by atoms with van der Waals surface area (Å²) in [5, 5.41) is 11.4. The van der Waals surface area contributed by atoms with Gasteiger partial charge < -0.3 is 20.9 Å². The molecule has 0 bridgehead atoms. The zero-order valence-electron chi connectivity index (χ0n) is 16.3. The van der Waals surface area contributed by atoms with Gasteiger partial charge >= 0.3 is 6.03 Å². The van der Waals surface area contributed by atoms with Gasteiger partial charge in [0.15, 0.2) is 0 Å². The smallest absolute Gasteiger partial charge is 0.317 e. The molecule has 2 amide bonds. The third kappa shape index (κ3) is 3.17. The highest BCUT2D eigenvalue weighted by molar-refractivity contribution is 5.92. The molecule has 4 heterocycles. The van der Waals surface area contributed by atoms with Gasteiger partial charge in [-0.05, 0) is 30.5 Å². The Labute approximate surface area is 168 Å². The molecular weight excluding hydrogens is 368 g/mol. The molecule has 2 aliphatic heterocycles. The Morgan fingerprint density at radius 3 is 2.79 bits per heavy atom. The summed E-state index contributed by atoms with van der Waals surface area (Å²) < 4.78 is 0. The quantitative estimate of drug-likeness (QED) is 0.624. The number of aromatic nitrogens is 4. The first-order chi connectivity index (χ1) is 14.1. The molecule has 3 aromatic rings. The van der Waals surface area contributed by atoms with Crippen LogP contribution in [-0.2, 0) is 0 Å². The number of aromatic amines is 1. The summed E-state index contributed by atoms with van der Waals surface area (Å²) >= 11 is 0. The summed E-state index contributed by atoms with van der Waals surface area (Å²) in [6.45, 7) is 2.38. The minimum atomic E-state index is -0.0534. The van der Waals surface area contributed by atoms with Gasteiger partial charge in [-0.1, -0.05) is 6.07 Å². The van der Waals surface area contributed by atoms with E-state index in [0.29, 0.717) is 6.54 Å². The number of hydrogen-bond donors (Lipinski definition) is 3. The molecule has 0 radical (unpaired) electrons. The van der Waals surface area contributed by atoms with Crippen LogP contribution < -0.4 is 16.0 Å². The van der Waals surface area contributed by atoms with Crippen LogP contribution in [0.3, 0.4) is 0 Å². The van der Waals surface area contributed by atoms with Crippen molar-refractivity contribution in [3.05, 3.63) is 36.2 Å². The lowest BCUT2D eigenvalue weighted by Gasteiger charge is -2.30. The summed E-state index contributed by atoms with van der Waals surface area (Å²) in [5.41, 5.74) is 9.52. The van der Waals surface area contributed by atoms with Gasteiger partial charge in [-0.2, -0.15) is 5.10 Å². The third-order valence-electron chi connectivity index (χ3n) is 5.93. The number of fused-ring (bicyclic) bond motifs is 1. The molecule has 0 aliphatic carbocycles. The number of carbonyl (C=O) groups is 1. The molecule has 4 N–H and O–H groups in total. The lowest BCUT2D eigenvalue weighted by atomic mass is 10.0. The van der Waals surface area contributed by atoms with E-state index in [1.54, 1.807) is 17.3 Å². The van der Waals surface area contributed by atoms with Crippen molar-refractivity contribution in [3.63, 3.8) is 0 Å². The highest BCUT2D eigenvalue weighted by Crippen LogP contribution is 2.31. The van der Waals surface area contributed by atoms with Crippen molar-refractivity contribution in [2.24, 2.45) is 5.73 Å². The molecule has 2 aromatic heterocycles. The number of nitrogens with two attached hydrogens (primary N) is 1. The van der Waals surface area contributed by atoms with Crippen molar-refractivity contribution >= 4 is 22.8 Å². The number of urea groups is 1. The predicted molar refractivity (Wildman–Crippen MR) is 110 cm³/mol. The molecule has 9 heteroatoms. The number of H-pyrrole nitrogens is 1. The Morgan fingerprint density at radius 1 is 1.21 bits per heavy atom. The average molecular weight is 392 g/mol. The molecule has 2 aliphatic rings. The summed E-state index contributed by atoms with van der Waals surface area (Å²) in [7, 11) is 1.81. The van der Waals surface area contributed by atoms with Gasteiger partial charge in [0.05, 0.1) is 24.0 Å². The van der Waals surface area contributed by atoms with E-state index in [-0.39, 0.29) is 18.1 Å². The maximum atomic E-state index is 11.8. The largest absolute Gasteiger partial charge is 0.355 e. The molecule has 2 saturated heterocycles. The van der Waals surface area contributed by atoms with Crippen LogP contribution in [0.5, 0.6) is 0 Å². The minimum absolute atomic E-state index is 0.00428. The Morgan fingerprint density at radius 2 is 2.03 bits per heavy atom. The lowest BCUT2D eigenvalue weighted by molar-refractivity contribution is 0.217. The number of nitrogens with one attached hydrogen (secondary N) is 2. The second kappa shape index (κ2) is 7.00. The van der Waals surface area contributed by atoms with Crippen LogP contribution in [0.2, 0.25) is 0 Å². The molecule has 2 fully saturated rings. The molecule has 150 valence electrons. The Kier molecular flexibility index (Phi) is 4.31. The molecule has 1 aromatic carbocycles. The van der Waals surface area contributed by atoms with Crippen LogP contribution in [0.4, 0.5) is 10.6 Å². The summed E-state index contributed by atoms with van der Waals surface area (Å²) in [5.74, 6) is 0.854. The number of hydrogen-bond acceptors (Lipinski definition) is 6. The molecule has 5 rings (SSSR count). The van der Waals surface area contributed by atoms with E-state index >= 15 is 0 Å². The Hall–Kier alpha value is -3.20. The van der Waals surface area contributed by atoms with Crippen molar-refractivity contribution in [1.82, 2.24) is 30.4 Å². The number of piperidine rings is 1. The second-order valence-electron chi connectivity index (χ2n) is 7.78. The van der Waals surface area contributed by atoms with E-state index in [9.17, 15) is 4.79 Å². The van der Waals surface area contributed by atoms with Gasteiger partial charge in [0, 0.05) is 38.1 Å². The minimum Gasteiger partial charge on any atom is -0.355 e. The summed E-state index contributed by atoms with van der Waals surface area (Å²) in [4.78, 5) is 25.0. The molecule has 9 nitrogen and oxygen atoms in total. The van der Waals surface area contributed by atoms with Crippen LogP contribution in [0.1, 0.15) is 24.4 Å². The van der Waals surface area contributed by atoms with Gasteiger partial charge in [0.2, 0.25) is 0 Å². The van der Waals surface area contributed by atoms with Crippen LogP contribution in [0.25, 0.3) is 22.3 Å². The fourth-order valence-corrected chi connectivity index (χ4v) is 4.11. The number of amides is 2. The second-order valence-corrected chi connectivity index (χ2v) is 7.78. The maximum Gasteiger partial charge on any atom is 0.317 e. The van der Waals surface area contributed by atoms with Crippen molar-refractivity contribution < 1.29 is 4.79 Å². The molecule has 29 heavy (non-hydrogen) atoms. The monoisotopic (exact) mass is 392 g/mol. The average Bonchev–Trinajstić information content (AvgIpc) is 3.31. The van der Waals surface area contributed by atoms with Gasteiger partial charge in [-0.25, -0.2) is 9.78 Å². The highest BCUT2D eigenvalue weighted by atomic mass is 16.2. The zero-order valence-corrected chi connectivity index (χ0v) is 16.3. The standard InChI is InChI=1S/C20H24N8O/c1-27-17(10-23-20(27)29)12-2-3-15-14(8-12)19(26-25-15)16-9-22-11-18(24-16)28-6-4-13(21)5-7-28/h2-3,8-9,11,13,17H,4-7,10,21H2,1H3,(H,23,29)(H,25,26). The molecule has 0 spiro atoms.